The van der Waals surface area contributed by atoms with Crippen LogP contribution in [0, 0.1) is 0 Å². The quantitative estimate of drug-likeness (QED) is 0.0950. The normalized spacial score (nSPS) is 11.8. The summed E-state index contributed by atoms with van der Waals surface area (Å²) in [5.74, 6) is -0.655. The molecule has 3 aromatic carbocycles. The third-order valence-electron chi connectivity index (χ3n) is 9.06. The molecule has 0 spiro atoms. The first-order chi connectivity index (χ1) is 26.4. The second-order valence-electron chi connectivity index (χ2n) is 13.5. The lowest BCUT2D eigenvalue weighted by atomic mass is 8.39. The van der Waals surface area contributed by atoms with Crippen molar-refractivity contribution in [2.45, 2.75) is 32.1 Å². The molecular formula is C29H36B20N4O3. The van der Waals surface area contributed by atoms with E-state index in [1.54, 1.807) is 12.1 Å². The Morgan fingerprint density at radius 3 is 1.45 bits per heavy atom. The lowest BCUT2D eigenvalue weighted by molar-refractivity contribution is -0.131. The van der Waals surface area contributed by atoms with Crippen LogP contribution in [0.1, 0.15) is 30.4 Å². The van der Waals surface area contributed by atoms with Gasteiger partial charge < -0.3 is 27.2 Å². The van der Waals surface area contributed by atoms with Crippen LogP contribution < -0.4 is 22.1 Å². The zero-order chi connectivity index (χ0) is 42.4. The van der Waals surface area contributed by atoms with E-state index < -0.39 is 63.4 Å². The van der Waals surface area contributed by atoms with Gasteiger partial charge in [0.05, 0.1) is 11.4 Å². The molecule has 2 aliphatic heterocycles. The number of carbonyl (C=O) groups is 2. The molecule has 0 bridgehead atoms. The van der Waals surface area contributed by atoms with Gasteiger partial charge in [-0.25, -0.2) is 4.79 Å². The number of carboxylic acids is 1. The number of anilines is 4. The molecule has 3 aromatic rings. The fourth-order valence-electron chi connectivity index (χ4n) is 6.14. The van der Waals surface area contributed by atoms with E-state index in [1.807, 2.05) is 36.4 Å². The van der Waals surface area contributed by atoms with E-state index in [4.69, 9.17) is 102 Å². The SMILES string of the molecule is C=CC(=O)O.Nc1ccccc1N.O=C1CCNc2ccccc2C1.[B]B([B])B([B])B(B(B([B])[B])B([B])[B])B(B([B])[B])B([B])[B].c1ccc2c(c1)CCCCN2. The lowest BCUT2D eigenvalue weighted by Crippen LogP contribution is -2.80. The number of rotatable bonds is 9. The number of nitrogen functional groups attached to an aromatic ring is 2. The summed E-state index contributed by atoms with van der Waals surface area (Å²) in [6.07, 6.45) is -1.22. The average Bonchev–Trinajstić information content (AvgIpc) is 3.50. The molecule has 2 aliphatic rings. The molecule has 250 valence electrons. The van der Waals surface area contributed by atoms with Crippen molar-refractivity contribution in [2.24, 2.45) is 0 Å². The minimum atomic E-state index is -0.981. The molecule has 0 saturated carbocycles. The first-order valence-corrected chi connectivity index (χ1v) is 18.3. The third-order valence-corrected chi connectivity index (χ3v) is 9.06. The van der Waals surface area contributed by atoms with Crippen molar-refractivity contribution in [3.05, 3.63) is 96.6 Å². The Kier molecular flexibility index (Phi) is 25.2. The van der Waals surface area contributed by atoms with Crippen LogP contribution in [0.4, 0.5) is 22.7 Å². The first-order valence-electron chi connectivity index (χ1n) is 18.3. The van der Waals surface area contributed by atoms with Gasteiger partial charge in [-0.05, 0) is 54.7 Å². The first kappa shape index (κ1) is 51.1. The molecule has 22 radical (unpaired) electrons. The van der Waals surface area contributed by atoms with Crippen molar-refractivity contribution in [3.63, 3.8) is 0 Å². The van der Waals surface area contributed by atoms with E-state index in [1.165, 1.54) is 30.5 Å². The number of aryl methyl sites for hydroxylation is 1. The highest BCUT2D eigenvalue weighted by Gasteiger charge is 2.44. The van der Waals surface area contributed by atoms with Crippen molar-refractivity contribution in [1.29, 1.82) is 0 Å². The number of aliphatic carboxylic acids is 1. The Labute approximate surface area is 354 Å². The van der Waals surface area contributed by atoms with E-state index in [0.717, 1.165) is 30.4 Å². The van der Waals surface area contributed by atoms with Crippen LogP contribution in [0.5, 0.6) is 0 Å². The number of nitrogens with one attached hydrogen (secondary N) is 2. The molecule has 0 aromatic heterocycles. The van der Waals surface area contributed by atoms with Gasteiger partial charge in [0.2, 0.25) is 0 Å². The number of carbonyl (C=O) groups excluding carboxylic acids is 1. The maximum Gasteiger partial charge on any atom is 0.327 e. The minimum absolute atomic E-state index is 0.326. The summed E-state index contributed by atoms with van der Waals surface area (Å²) in [4.78, 5) is 20.5. The number of carboxylic acid groups (broad SMARTS) is 1. The summed E-state index contributed by atoms with van der Waals surface area (Å²) in [7, 11) is 63.2. The molecule has 27 heteroatoms. The molecule has 0 fully saturated rings. The standard InChI is InChI=1S/C10H11NO.C10H13N.C6H8N2.C3H4O2.B20/c12-9-5-6-11-10-4-2-1-3-8(10)7-9;1-2-7-10-9(5-1)6-3-4-8-11-10;7-5-3-1-2-4-6(5)8;1-2-3(4)5;1-12(2)17(11)20(18(13(3)4)14(5)6)19(15(7)8)16(9)10/h1-4,11H,5-7H2;1-2,5,7,11H,3-4,6,8H2;1-4H,7-8H2;2H,1H2,(H,4,5);. The van der Waals surface area contributed by atoms with Gasteiger partial charge in [-0.2, -0.15) is 0 Å². The van der Waals surface area contributed by atoms with Crippen LogP contribution in [-0.2, 0) is 22.4 Å². The van der Waals surface area contributed by atoms with Crippen molar-refractivity contribution in [3.8, 4) is 0 Å². The summed E-state index contributed by atoms with van der Waals surface area (Å²) < 4.78 is 0. The number of ketones is 1. The number of hydrogen-bond acceptors (Lipinski definition) is 6. The molecule has 2 heterocycles. The van der Waals surface area contributed by atoms with Gasteiger partial charge in [0.1, 0.15) is 5.78 Å². The Bertz CT molecular complexity index is 1530. The number of nitrogens with two attached hydrogens (primary N) is 2. The predicted molar refractivity (Wildman–Crippen MR) is 264 cm³/mol. The Hall–Kier alpha value is -2.96. The second-order valence-corrected chi connectivity index (χ2v) is 13.5. The largest absolute Gasteiger partial charge is 0.478 e. The summed E-state index contributed by atoms with van der Waals surface area (Å²) >= 11 is 0. The highest BCUT2D eigenvalue weighted by Crippen LogP contribution is 2.20. The average molecular weight is 705 g/mol. The van der Waals surface area contributed by atoms with Crippen molar-refractivity contribution in [2.75, 3.05) is 35.2 Å². The number of fused-ring (bicyclic) bond motifs is 2. The second kappa shape index (κ2) is 27.6. The molecule has 5 rings (SSSR count). The van der Waals surface area contributed by atoms with Crippen LogP contribution in [0.25, 0.3) is 0 Å². The van der Waals surface area contributed by atoms with Gasteiger partial charge in [-0.3, -0.25) is 4.79 Å². The molecule has 0 saturated heterocycles. The lowest BCUT2D eigenvalue weighted by Gasteiger charge is -2.42. The predicted octanol–water partition coefficient (Wildman–Crippen LogP) is -2.46. The molecule has 7 N–H and O–H groups in total. The van der Waals surface area contributed by atoms with Crippen LogP contribution in [0.3, 0.4) is 0 Å². The number of benzene rings is 3. The number of Topliss-reactive ketones (excluding diaryl/α,β-unsaturated/α-hetero) is 1. The van der Waals surface area contributed by atoms with Crippen molar-refractivity contribution >= 4 is 177 Å². The number of hydrogen-bond donors (Lipinski definition) is 5. The van der Waals surface area contributed by atoms with Crippen molar-refractivity contribution in [1.82, 2.24) is 0 Å². The fraction of sp³-hybridized carbons (Fsp3) is 0.241. The Balaban J connectivity index is 0.000000374. The van der Waals surface area contributed by atoms with E-state index in [9.17, 15) is 9.59 Å². The van der Waals surface area contributed by atoms with Gasteiger partial charge in [-0.15, -0.1) is 0 Å². The Morgan fingerprint density at radius 2 is 1.02 bits per heavy atom. The van der Waals surface area contributed by atoms with Gasteiger partial charge in [-0.1, -0.05) is 55.1 Å². The molecule has 0 unspecified atom stereocenters. The van der Waals surface area contributed by atoms with Gasteiger partial charge >= 0.3 is 5.97 Å². The van der Waals surface area contributed by atoms with Gasteiger partial charge in [0, 0.05) is 186 Å². The summed E-state index contributed by atoms with van der Waals surface area (Å²) in [6, 6.07) is 23.8. The van der Waals surface area contributed by atoms with Gasteiger partial charge in [0.15, 0.2) is 0 Å². The van der Waals surface area contributed by atoms with Crippen molar-refractivity contribution < 1.29 is 14.7 Å². The molecular weight excluding hydrogens is 669 g/mol. The minimum Gasteiger partial charge on any atom is -0.478 e. The Morgan fingerprint density at radius 1 is 0.607 bits per heavy atom. The van der Waals surface area contributed by atoms with E-state index in [-0.39, 0.29) is 0 Å². The zero-order valence-corrected chi connectivity index (χ0v) is 32.1. The van der Waals surface area contributed by atoms with Crippen LogP contribution >= 0.6 is 0 Å². The summed E-state index contributed by atoms with van der Waals surface area (Å²) in [5, 5.41) is 14.3. The maximum atomic E-state index is 11.2. The zero-order valence-electron chi connectivity index (χ0n) is 32.1. The van der Waals surface area contributed by atoms with E-state index in [2.05, 4.69) is 41.5 Å². The smallest absolute Gasteiger partial charge is 0.327 e. The maximum absolute atomic E-state index is 11.2. The molecule has 0 atom stereocenters. The highest BCUT2D eigenvalue weighted by atomic mass is 16.4. The third kappa shape index (κ3) is 19.0. The topological polar surface area (TPSA) is 130 Å². The highest BCUT2D eigenvalue weighted by molar-refractivity contribution is 8.19. The number of para-hydroxylation sites is 4. The molecule has 7 nitrogen and oxygen atoms in total. The van der Waals surface area contributed by atoms with Crippen LogP contribution in [0.2, 0.25) is 0 Å². The van der Waals surface area contributed by atoms with Gasteiger partial charge in [0.25, 0.3) is 0 Å². The fourth-order valence-corrected chi connectivity index (χ4v) is 6.14. The monoisotopic (exact) mass is 708 g/mol. The summed E-state index contributed by atoms with van der Waals surface area (Å²) in [5.41, 5.74) is 17.1. The molecule has 0 amide bonds. The van der Waals surface area contributed by atoms with Crippen LogP contribution in [0.15, 0.2) is 85.5 Å². The van der Waals surface area contributed by atoms with Crippen LogP contribution in [-0.4, -0.2) is 173 Å². The molecule has 56 heavy (non-hydrogen) atoms. The van der Waals surface area contributed by atoms with E-state index in [0.29, 0.717) is 30.0 Å². The summed E-state index contributed by atoms with van der Waals surface area (Å²) in [6.45, 7) is 4.87. The van der Waals surface area contributed by atoms with E-state index >= 15 is 0 Å². The molecule has 0 aliphatic carbocycles.